The van der Waals surface area contributed by atoms with Gasteiger partial charge in [-0.3, -0.25) is 4.79 Å². The van der Waals surface area contributed by atoms with Crippen LogP contribution in [0.25, 0.3) is 0 Å². The summed E-state index contributed by atoms with van der Waals surface area (Å²) in [6, 6.07) is 24.3. The van der Waals surface area contributed by atoms with Crippen LogP contribution >= 0.6 is 28.1 Å². The normalized spacial score (nSPS) is 10.1. The Morgan fingerprint density at radius 2 is 1.48 bits per heavy atom. The molecule has 0 aromatic heterocycles. The molecule has 0 heterocycles. The fraction of sp³-hybridized carbons (Fsp3) is 0. The molecule has 0 saturated heterocycles. The Morgan fingerprint density at radius 1 is 0.840 bits per heavy atom. The number of carbonyl (C=O) groups excluding carboxylic acids is 1. The SMILES string of the molecule is O=C(c1ccccc1)c1cc(Br)ccc1NC(=S)Nc1ccccc1. The van der Waals surface area contributed by atoms with Gasteiger partial charge in [0.05, 0.1) is 5.69 Å². The van der Waals surface area contributed by atoms with Crippen LogP contribution in [0.4, 0.5) is 11.4 Å². The number of ketones is 1. The Labute approximate surface area is 160 Å². The van der Waals surface area contributed by atoms with E-state index < -0.39 is 0 Å². The first kappa shape index (κ1) is 17.3. The molecule has 0 unspecified atom stereocenters. The van der Waals surface area contributed by atoms with Crippen LogP contribution < -0.4 is 10.6 Å². The van der Waals surface area contributed by atoms with Crippen molar-refractivity contribution in [1.82, 2.24) is 0 Å². The van der Waals surface area contributed by atoms with E-state index in [1.807, 2.05) is 60.7 Å². The number of hydrogen-bond donors (Lipinski definition) is 2. The third-order valence-corrected chi connectivity index (χ3v) is 4.24. The molecule has 5 heteroatoms. The van der Waals surface area contributed by atoms with Gasteiger partial charge in [-0.15, -0.1) is 0 Å². The van der Waals surface area contributed by atoms with Crippen molar-refractivity contribution in [3.63, 3.8) is 0 Å². The van der Waals surface area contributed by atoms with Crippen LogP contribution in [-0.4, -0.2) is 10.9 Å². The van der Waals surface area contributed by atoms with Crippen molar-refractivity contribution >= 4 is 50.4 Å². The molecule has 0 aliphatic heterocycles. The van der Waals surface area contributed by atoms with Crippen molar-refractivity contribution in [2.75, 3.05) is 10.6 Å². The highest BCUT2D eigenvalue weighted by Crippen LogP contribution is 2.24. The first-order valence-corrected chi connectivity index (χ1v) is 8.86. The predicted molar refractivity (Wildman–Crippen MR) is 110 cm³/mol. The van der Waals surface area contributed by atoms with E-state index in [0.29, 0.717) is 21.9 Å². The van der Waals surface area contributed by atoms with Crippen LogP contribution in [0.5, 0.6) is 0 Å². The molecule has 0 radical (unpaired) electrons. The highest BCUT2D eigenvalue weighted by atomic mass is 79.9. The molecule has 0 aliphatic carbocycles. The lowest BCUT2D eigenvalue weighted by Crippen LogP contribution is -2.20. The van der Waals surface area contributed by atoms with Crippen molar-refractivity contribution in [2.24, 2.45) is 0 Å². The Kier molecular flexibility index (Phi) is 5.58. The van der Waals surface area contributed by atoms with Crippen LogP contribution in [-0.2, 0) is 0 Å². The number of rotatable bonds is 4. The molecule has 2 N–H and O–H groups in total. The fourth-order valence-electron chi connectivity index (χ4n) is 2.36. The van der Waals surface area contributed by atoms with Gasteiger partial charge in [0.2, 0.25) is 0 Å². The summed E-state index contributed by atoms with van der Waals surface area (Å²) in [5.74, 6) is -0.0630. The van der Waals surface area contributed by atoms with Gasteiger partial charge in [-0.05, 0) is 42.5 Å². The number of para-hydroxylation sites is 1. The maximum absolute atomic E-state index is 12.8. The molecule has 124 valence electrons. The topological polar surface area (TPSA) is 41.1 Å². The average molecular weight is 411 g/mol. The molecule has 3 aromatic rings. The number of thiocarbonyl (C=S) groups is 1. The van der Waals surface area contributed by atoms with Crippen LogP contribution in [0, 0.1) is 0 Å². The molecular formula is C20H15BrN2OS. The number of hydrogen-bond acceptors (Lipinski definition) is 2. The summed E-state index contributed by atoms with van der Waals surface area (Å²) >= 11 is 8.80. The Hall–Kier alpha value is -2.50. The smallest absolute Gasteiger partial charge is 0.195 e. The minimum atomic E-state index is -0.0630. The maximum atomic E-state index is 12.8. The van der Waals surface area contributed by atoms with Gasteiger partial charge in [0.25, 0.3) is 0 Å². The van der Waals surface area contributed by atoms with E-state index in [4.69, 9.17) is 12.2 Å². The summed E-state index contributed by atoms with van der Waals surface area (Å²) in [6.45, 7) is 0. The standard InChI is InChI=1S/C20H15BrN2OS/c21-15-11-12-18(23-20(25)22-16-9-5-2-6-10-16)17(13-15)19(24)14-7-3-1-4-8-14/h1-13H,(H2,22,23,25). The molecule has 3 nitrogen and oxygen atoms in total. The summed E-state index contributed by atoms with van der Waals surface area (Å²) in [7, 11) is 0. The molecule has 0 spiro atoms. The van der Waals surface area contributed by atoms with Gasteiger partial charge < -0.3 is 10.6 Å². The highest BCUT2D eigenvalue weighted by molar-refractivity contribution is 9.10. The highest BCUT2D eigenvalue weighted by Gasteiger charge is 2.15. The van der Waals surface area contributed by atoms with Gasteiger partial charge in [-0.2, -0.15) is 0 Å². The van der Waals surface area contributed by atoms with E-state index in [1.165, 1.54) is 0 Å². The quantitative estimate of drug-likeness (QED) is 0.440. The number of benzene rings is 3. The molecule has 0 amide bonds. The van der Waals surface area contributed by atoms with Gasteiger partial charge in [-0.25, -0.2) is 0 Å². The van der Waals surface area contributed by atoms with E-state index in [-0.39, 0.29) is 5.78 Å². The van der Waals surface area contributed by atoms with E-state index in [2.05, 4.69) is 26.6 Å². The lowest BCUT2D eigenvalue weighted by Gasteiger charge is -2.14. The second-order valence-electron chi connectivity index (χ2n) is 5.33. The molecule has 3 aromatic carbocycles. The summed E-state index contributed by atoms with van der Waals surface area (Å²) in [4.78, 5) is 12.8. The molecular weight excluding hydrogens is 396 g/mol. The van der Waals surface area contributed by atoms with Gasteiger partial charge in [0.15, 0.2) is 10.9 Å². The number of carbonyl (C=O) groups is 1. The van der Waals surface area contributed by atoms with Crippen LogP contribution in [0.15, 0.2) is 83.3 Å². The molecule has 3 rings (SSSR count). The first-order valence-electron chi connectivity index (χ1n) is 7.66. The lowest BCUT2D eigenvalue weighted by atomic mass is 10.0. The minimum absolute atomic E-state index is 0.0630. The number of halogens is 1. The molecule has 0 bridgehead atoms. The molecule has 0 aliphatic rings. The minimum Gasteiger partial charge on any atom is -0.332 e. The first-order chi connectivity index (χ1) is 12.1. The zero-order valence-electron chi connectivity index (χ0n) is 13.2. The molecule has 25 heavy (non-hydrogen) atoms. The van der Waals surface area contributed by atoms with Gasteiger partial charge in [0, 0.05) is 21.3 Å². The van der Waals surface area contributed by atoms with Crippen molar-refractivity contribution < 1.29 is 4.79 Å². The largest absolute Gasteiger partial charge is 0.332 e. The Bertz CT molecular complexity index is 898. The summed E-state index contributed by atoms with van der Waals surface area (Å²) < 4.78 is 0.833. The maximum Gasteiger partial charge on any atom is 0.195 e. The molecule has 0 atom stereocenters. The van der Waals surface area contributed by atoms with Gasteiger partial charge in [0.1, 0.15) is 0 Å². The number of nitrogens with one attached hydrogen (secondary N) is 2. The zero-order valence-corrected chi connectivity index (χ0v) is 15.6. The third kappa shape index (κ3) is 4.53. The van der Waals surface area contributed by atoms with Crippen LogP contribution in [0.1, 0.15) is 15.9 Å². The third-order valence-electron chi connectivity index (χ3n) is 3.54. The summed E-state index contributed by atoms with van der Waals surface area (Å²) in [5, 5.41) is 6.65. The molecule has 0 saturated carbocycles. The predicted octanol–water partition coefficient (Wildman–Crippen LogP) is 5.49. The van der Waals surface area contributed by atoms with Crippen molar-refractivity contribution in [2.45, 2.75) is 0 Å². The average Bonchev–Trinajstić information content (AvgIpc) is 2.64. The van der Waals surface area contributed by atoms with E-state index >= 15 is 0 Å². The second kappa shape index (κ2) is 8.05. The van der Waals surface area contributed by atoms with Crippen molar-refractivity contribution in [3.8, 4) is 0 Å². The fourth-order valence-corrected chi connectivity index (χ4v) is 2.95. The van der Waals surface area contributed by atoms with Gasteiger partial charge >= 0.3 is 0 Å². The van der Waals surface area contributed by atoms with Crippen molar-refractivity contribution in [1.29, 1.82) is 0 Å². The summed E-state index contributed by atoms with van der Waals surface area (Å²) in [6.07, 6.45) is 0. The van der Waals surface area contributed by atoms with Crippen molar-refractivity contribution in [3.05, 3.63) is 94.5 Å². The van der Waals surface area contributed by atoms with E-state index in [0.717, 1.165) is 10.2 Å². The van der Waals surface area contributed by atoms with Crippen LogP contribution in [0.3, 0.4) is 0 Å². The lowest BCUT2D eigenvalue weighted by molar-refractivity contribution is 0.103. The zero-order chi connectivity index (χ0) is 17.6. The summed E-state index contributed by atoms with van der Waals surface area (Å²) in [5.41, 5.74) is 2.72. The Balaban J connectivity index is 1.84. The number of anilines is 2. The van der Waals surface area contributed by atoms with Crippen LogP contribution in [0.2, 0.25) is 0 Å². The molecule has 0 fully saturated rings. The second-order valence-corrected chi connectivity index (χ2v) is 6.65. The van der Waals surface area contributed by atoms with Gasteiger partial charge in [-0.1, -0.05) is 64.5 Å². The van der Waals surface area contributed by atoms with E-state index in [1.54, 1.807) is 18.2 Å². The Morgan fingerprint density at radius 3 is 2.16 bits per heavy atom. The van der Waals surface area contributed by atoms with E-state index in [9.17, 15) is 4.79 Å². The monoisotopic (exact) mass is 410 g/mol.